The molecular formula is C16H40O4Zn2. The minimum Gasteiger partial charge on any atom is -0.396 e. The number of hydrogen-bond donors (Lipinski definition) is 4. The second kappa shape index (κ2) is 57.3. The molecular weight excluding hydrogens is 387 g/mol. The first-order valence-corrected chi connectivity index (χ1v) is 8.09. The summed E-state index contributed by atoms with van der Waals surface area (Å²) < 4.78 is 0. The number of aliphatic hydroxyl groups excluding tert-OH is 4. The summed E-state index contributed by atoms with van der Waals surface area (Å²) in [6.45, 7) is 9.58. The predicted molar refractivity (Wildman–Crippen MR) is 88.0 cm³/mol. The molecule has 0 radical (unpaired) electrons. The summed E-state index contributed by atoms with van der Waals surface area (Å²) >= 11 is 0. The van der Waals surface area contributed by atoms with Gasteiger partial charge in [0.15, 0.2) is 0 Å². The minimum atomic E-state index is 0. The van der Waals surface area contributed by atoms with Crippen LogP contribution < -0.4 is 0 Å². The van der Waals surface area contributed by atoms with Crippen molar-refractivity contribution in [3.05, 3.63) is 0 Å². The first-order valence-electron chi connectivity index (χ1n) is 8.09. The van der Waals surface area contributed by atoms with Crippen molar-refractivity contribution in [3.8, 4) is 0 Å². The number of rotatable bonds is 8. The van der Waals surface area contributed by atoms with E-state index in [-0.39, 0.29) is 39.0 Å². The van der Waals surface area contributed by atoms with Crippen molar-refractivity contribution in [2.45, 2.75) is 79.1 Å². The van der Waals surface area contributed by atoms with Crippen LogP contribution in [0.4, 0.5) is 0 Å². The van der Waals surface area contributed by atoms with Gasteiger partial charge in [0.2, 0.25) is 0 Å². The summed E-state index contributed by atoms with van der Waals surface area (Å²) in [5.41, 5.74) is 0. The van der Waals surface area contributed by atoms with Crippen molar-refractivity contribution in [1.29, 1.82) is 0 Å². The number of unbranched alkanes of at least 4 members (excludes halogenated alkanes) is 4. The predicted octanol–water partition coefficient (Wildman–Crippen LogP) is 3.11. The molecule has 0 aromatic carbocycles. The van der Waals surface area contributed by atoms with Gasteiger partial charge in [-0.2, -0.15) is 0 Å². The molecule has 4 nitrogen and oxygen atoms in total. The van der Waals surface area contributed by atoms with Gasteiger partial charge in [-0.3, -0.25) is 0 Å². The zero-order chi connectivity index (χ0) is 16.5. The molecule has 0 spiro atoms. The fourth-order valence-corrected chi connectivity index (χ4v) is 0.632. The van der Waals surface area contributed by atoms with Crippen LogP contribution in [-0.4, -0.2) is 46.9 Å². The zero-order valence-corrected chi connectivity index (χ0v) is 21.6. The van der Waals surface area contributed by atoms with Crippen molar-refractivity contribution in [1.82, 2.24) is 0 Å². The smallest absolute Gasteiger partial charge is 0.0430 e. The molecule has 0 fully saturated rings. The van der Waals surface area contributed by atoms with Gasteiger partial charge < -0.3 is 20.4 Å². The van der Waals surface area contributed by atoms with Crippen molar-refractivity contribution >= 4 is 0 Å². The van der Waals surface area contributed by atoms with E-state index in [9.17, 15) is 0 Å². The van der Waals surface area contributed by atoms with E-state index in [1.54, 1.807) is 0 Å². The summed E-state index contributed by atoms with van der Waals surface area (Å²) in [5, 5.41) is 32.3. The van der Waals surface area contributed by atoms with E-state index in [0.717, 1.165) is 51.4 Å². The average Bonchev–Trinajstić information content (AvgIpc) is 2.44. The summed E-state index contributed by atoms with van der Waals surface area (Å²) in [6, 6.07) is 0. The monoisotopic (exact) mass is 424 g/mol. The van der Waals surface area contributed by atoms with Crippen LogP contribution in [0.15, 0.2) is 0 Å². The van der Waals surface area contributed by atoms with E-state index >= 15 is 0 Å². The molecule has 0 aromatic rings. The van der Waals surface area contributed by atoms with Crippen molar-refractivity contribution in [3.63, 3.8) is 0 Å². The van der Waals surface area contributed by atoms with Gasteiger partial charge in [-0.1, -0.05) is 53.4 Å². The van der Waals surface area contributed by atoms with Crippen molar-refractivity contribution in [2.75, 3.05) is 26.4 Å². The number of hydrogen-bond acceptors (Lipinski definition) is 4. The van der Waals surface area contributed by atoms with Gasteiger partial charge in [0.25, 0.3) is 0 Å². The van der Waals surface area contributed by atoms with E-state index in [2.05, 4.69) is 27.7 Å². The van der Waals surface area contributed by atoms with Gasteiger partial charge in [0.1, 0.15) is 0 Å². The third-order valence-electron chi connectivity index (χ3n) is 2.05. The van der Waals surface area contributed by atoms with Gasteiger partial charge in [0.05, 0.1) is 0 Å². The van der Waals surface area contributed by atoms with E-state index in [0.29, 0.717) is 26.4 Å². The fourth-order valence-electron chi connectivity index (χ4n) is 0.632. The molecule has 0 aliphatic carbocycles. The molecule has 0 atom stereocenters. The molecule has 0 amide bonds. The molecule has 0 aliphatic rings. The van der Waals surface area contributed by atoms with E-state index in [1.165, 1.54) is 0 Å². The first kappa shape index (κ1) is 38.6. The fraction of sp³-hybridized carbons (Fsp3) is 1.00. The molecule has 0 aromatic heterocycles. The van der Waals surface area contributed by atoms with Gasteiger partial charge in [0, 0.05) is 65.4 Å². The maximum atomic E-state index is 8.07. The molecule has 0 saturated heterocycles. The van der Waals surface area contributed by atoms with Gasteiger partial charge in [-0.25, -0.2) is 0 Å². The van der Waals surface area contributed by atoms with Crippen LogP contribution in [0.3, 0.4) is 0 Å². The van der Waals surface area contributed by atoms with Crippen LogP contribution in [0.2, 0.25) is 0 Å². The first-order chi connectivity index (χ1) is 9.66. The Hall–Kier alpha value is 1.09. The quantitative estimate of drug-likeness (QED) is 0.449. The Morgan fingerprint density at radius 1 is 0.409 bits per heavy atom. The molecule has 132 valence electrons. The van der Waals surface area contributed by atoms with Crippen LogP contribution in [-0.2, 0) is 39.0 Å². The summed E-state index contributed by atoms with van der Waals surface area (Å²) in [5.74, 6) is 0. The Kier molecular flexibility index (Phi) is 101. The maximum absolute atomic E-state index is 8.07. The Morgan fingerprint density at radius 3 is 0.545 bits per heavy atom. The summed E-state index contributed by atoms with van der Waals surface area (Å²) in [7, 11) is 0. The number of aliphatic hydroxyl groups is 4. The summed E-state index contributed by atoms with van der Waals surface area (Å²) in [6.07, 6.45) is 8.15. The van der Waals surface area contributed by atoms with Gasteiger partial charge in [-0.15, -0.1) is 0 Å². The molecule has 0 saturated carbocycles. The molecule has 0 bridgehead atoms. The van der Waals surface area contributed by atoms with Gasteiger partial charge in [-0.05, 0) is 25.7 Å². The van der Waals surface area contributed by atoms with Crippen molar-refractivity contribution in [2.24, 2.45) is 0 Å². The van der Waals surface area contributed by atoms with Crippen LogP contribution in [0.25, 0.3) is 0 Å². The Morgan fingerprint density at radius 2 is 0.545 bits per heavy atom. The topological polar surface area (TPSA) is 80.9 Å². The van der Waals surface area contributed by atoms with Crippen LogP contribution in [0, 0.1) is 0 Å². The molecule has 22 heavy (non-hydrogen) atoms. The largest absolute Gasteiger partial charge is 0.396 e. The van der Waals surface area contributed by atoms with Gasteiger partial charge >= 0.3 is 0 Å². The zero-order valence-electron chi connectivity index (χ0n) is 15.7. The molecule has 0 aliphatic heterocycles. The SMILES string of the molecule is CCCCO.CCCCO.CCCCO.CCCCO.[Zn].[Zn]. The molecule has 4 N–H and O–H groups in total. The maximum Gasteiger partial charge on any atom is 0.0430 e. The van der Waals surface area contributed by atoms with Crippen LogP contribution >= 0.6 is 0 Å². The van der Waals surface area contributed by atoms with E-state index in [4.69, 9.17) is 20.4 Å². The minimum absolute atomic E-state index is 0. The second-order valence-corrected chi connectivity index (χ2v) is 4.31. The normalized spacial score (nSPS) is 7.64. The Labute approximate surface area is 164 Å². The third kappa shape index (κ3) is 103. The van der Waals surface area contributed by atoms with Crippen molar-refractivity contribution < 1.29 is 59.4 Å². The Bertz CT molecular complexity index is 78.1. The Balaban J connectivity index is -0.0000000376. The molecule has 6 heteroatoms. The molecule has 0 rings (SSSR count). The third-order valence-corrected chi connectivity index (χ3v) is 2.05. The molecule has 0 heterocycles. The average molecular weight is 427 g/mol. The summed E-state index contributed by atoms with van der Waals surface area (Å²) in [4.78, 5) is 0. The van der Waals surface area contributed by atoms with Crippen LogP contribution in [0.5, 0.6) is 0 Å². The van der Waals surface area contributed by atoms with E-state index < -0.39 is 0 Å². The molecule has 0 unspecified atom stereocenters. The van der Waals surface area contributed by atoms with E-state index in [1.807, 2.05) is 0 Å². The standard InChI is InChI=1S/4C4H10O.2Zn/c4*1-2-3-4-5;;/h4*5H,2-4H2,1H3;;. The second-order valence-electron chi connectivity index (χ2n) is 4.31. The van der Waals surface area contributed by atoms with Crippen LogP contribution in [0.1, 0.15) is 79.1 Å².